The van der Waals surface area contributed by atoms with Crippen LogP contribution in [-0.2, 0) is 11.2 Å². The van der Waals surface area contributed by atoms with Gasteiger partial charge in [0.25, 0.3) is 0 Å². The summed E-state index contributed by atoms with van der Waals surface area (Å²) in [5, 5.41) is 4.17. The van der Waals surface area contributed by atoms with E-state index in [1.807, 2.05) is 44.2 Å². The Labute approximate surface area is 243 Å². The van der Waals surface area contributed by atoms with Crippen LogP contribution >= 0.6 is 23.2 Å². The van der Waals surface area contributed by atoms with Crippen molar-refractivity contribution in [1.82, 2.24) is 4.90 Å². The highest BCUT2D eigenvalue weighted by Gasteiger charge is 2.23. The number of amides is 1. The van der Waals surface area contributed by atoms with E-state index in [2.05, 4.69) is 46.6 Å². The fourth-order valence-corrected chi connectivity index (χ4v) is 5.92. The van der Waals surface area contributed by atoms with Crippen LogP contribution in [0.25, 0.3) is 0 Å². The molecule has 1 amide bonds. The maximum Gasteiger partial charge on any atom is 0.221 e. The normalized spacial score (nSPS) is 15.3. The molecule has 4 rings (SSSR count). The third kappa shape index (κ3) is 8.48. The van der Waals surface area contributed by atoms with Crippen LogP contribution in [-0.4, -0.2) is 36.5 Å². The monoisotopic (exact) mass is 566 g/mol. The van der Waals surface area contributed by atoms with Gasteiger partial charge >= 0.3 is 0 Å². The van der Waals surface area contributed by atoms with Gasteiger partial charge in [-0.3, -0.25) is 4.79 Å². The number of benzene rings is 3. The Kier molecular flexibility index (Phi) is 10.7. The second-order valence-corrected chi connectivity index (χ2v) is 11.7. The van der Waals surface area contributed by atoms with Gasteiger partial charge in [0.15, 0.2) is 0 Å². The Balaban J connectivity index is 1.48. The number of anilines is 1. The van der Waals surface area contributed by atoms with Crippen molar-refractivity contribution < 1.29 is 9.53 Å². The molecule has 0 spiro atoms. The van der Waals surface area contributed by atoms with Gasteiger partial charge in [-0.15, -0.1) is 0 Å². The molecule has 6 heteroatoms. The second kappa shape index (κ2) is 14.2. The van der Waals surface area contributed by atoms with Gasteiger partial charge in [-0.1, -0.05) is 65.7 Å². The van der Waals surface area contributed by atoms with E-state index < -0.39 is 0 Å². The first-order valence-corrected chi connectivity index (χ1v) is 14.8. The molecular weight excluding hydrogens is 527 g/mol. The van der Waals surface area contributed by atoms with Crippen molar-refractivity contribution in [2.45, 2.75) is 70.8 Å². The van der Waals surface area contributed by atoms with E-state index in [1.165, 1.54) is 24.0 Å². The van der Waals surface area contributed by atoms with Crippen molar-refractivity contribution in [3.05, 3.63) is 93.5 Å². The number of nitrogens with one attached hydrogen (secondary N) is 1. The molecule has 1 aliphatic heterocycles. The topological polar surface area (TPSA) is 41.6 Å². The highest BCUT2D eigenvalue weighted by atomic mass is 35.5. The number of nitrogens with zero attached hydrogens (tertiary/aromatic N) is 1. The zero-order valence-corrected chi connectivity index (χ0v) is 24.8. The molecule has 1 saturated heterocycles. The fourth-order valence-electron chi connectivity index (χ4n) is 5.61. The molecule has 1 heterocycles. The maximum atomic E-state index is 11.9. The zero-order chi connectivity index (χ0) is 27.8. The molecule has 0 radical (unpaired) electrons. The Morgan fingerprint density at radius 2 is 1.72 bits per heavy atom. The van der Waals surface area contributed by atoms with E-state index in [9.17, 15) is 4.79 Å². The molecule has 0 saturated carbocycles. The molecule has 208 valence electrons. The van der Waals surface area contributed by atoms with Gasteiger partial charge in [0.1, 0.15) is 5.75 Å². The van der Waals surface area contributed by atoms with Crippen molar-refractivity contribution in [2.24, 2.45) is 0 Å². The molecule has 1 unspecified atom stereocenters. The minimum atomic E-state index is -0.0853. The Morgan fingerprint density at radius 1 is 0.974 bits per heavy atom. The summed E-state index contributed by atoms with van der Waals surface area (Å²) in [6.07, 6.45) is 5.14. The number of ether oxygens (including phenoxy) is 1. The van der Waals surface area contributed by atoms with E-state index in [0.717, 1.165) is 55.9 Å². The average molecular weight is 568 g/mol. The van der Waals surface area contributed by atoms with Crippen molar-refractivity contribution >= 4 is 34.8 Å². The third-order valence-electron chi connectivity index (χ3n) is 7.62. The molecule has 3 aromatic rings. The van der Waals surface area contributed by atoms with Gasteiger partial charge < -0.3 is 15.0 Å². The molecular formula is C33H40Cl2N2O2. The van der Waals surface area contributed by atoms with Crippen LogP contribution in [0.2, 0.25) is 10.0 Å². The quantitative estimate of drug-likeness (QED) is 0.252. The molecule has 39 heavy (non-hydrogen) atoms. The standard InChI is InChI=1S/C33H40Cl2N2O2/c1-23(2)39-33-11-7-10-32(36-24(3)38)29(33)14-12-26(28-13-15-30(34)31(35)22-28)16-19-37-20-17-27(18-21-37)25-8-5-4-6-9-25/h4-11,13,15,22-23,26-27H,12,14,16-21H2,1-3H3,(H,36,38). The van der Waals surface area contributed by atoms with E-state index >= 15 is 0 Å². The summed E-state index contributed by atoms with van der Waals surface area (Å²) in [4.78, 5) is 14.5. The maximum absolute atomic E-state index is 11.9. The molecule has 1 aliphatic rings. The minimum absolute atomic E-state index is 0.0426. The molecule has 0 aliphatic carbocycles. The summed E-state index contributed by atoms with van der Waals surface area (Å²) >= 11 is 12.7. The number of halogens is 2. The number of carbonyl (C=O) groups excluding carboxylic acids is 1. The van der Waals surface area contributed by atoms with Gasteiger partial charge in [0, 0.05) is 18.2 Å². The van der Waals surface area contributed by atoms with Crippen molar-refractivity contribution in [1.29, 1.82) is 0 Å². The van der Waals surface area contributed by atoms with Crippen LogP contribution in [0.1, 0.15) is 75.0 Å². The van der Waals surface area contributed by atoms with Gasteiger partial charge in [-0.2, -0.15) is 0 Å². The van der Waals surface area contributed by atoms with Gasteiger partial charge in [0.05, 0.1) is 16.1 Å². The first kappa shape index (κ1) is 29.5. The number of hydrogen-bond acceptors (Lipinski definition) is 3. The van der Waals surface area contributed by atoms with Crippen LogP contribution in [0, 0.1) is 0 Å². The second-order valence-electron chi connectivity index (χ2n) is 10.9. The Hall–Kier alpha value is -2.53. The molecule has 1 fully saturated rings. The van der Waals surface area contributed by atoms with Gasteiger partial charge in [-0.05, 0) is 113 Å². The summed E-state index contributed by atoms with van der Waals surface area (Å²) in [5.41, 5.74) is 4.52. The predicted molar refractivity (Wildman–Crippen MR) is 164 cm³/mol. The molecule has 1 atom stereocenters. The summed E-state index contributed by atoms with van der Waals surface area (Å²) < 4.78 is 6.14. The van der Waals surface area contributed by atoms with E-state index in [4.69, 9.17) is 27.9 Å². The van der Waals surface area contributed by atoms with Crippen molar-refractivity contribution in [3.8, 4) is 5.75 Å². The number of piperidine rings is 1. The number of likely N-dealkylation sites (tertiary alicyclic amines) is 1. The molecule has 1 N–H and O–H groups in total. The predicted octanol–water partition coefficient (Wildman–Crippen LogP) is 8.73. The lowest BCUT2D eigenvalue weighted by Gasteiger charge is -2.33. The van der Waals surface area contributed by atoms with E-state index in [-0.39, 0.29) is 12.0 Å². The first-order valence-electron chi connectivity index (χ1n) is 14.1. The molecule has 4 nitrogen and oxygen atoms in total. The van der Waals surface area contributed by atoms with E-state index in [1.54, 1.807) is 6.92 Å². The van der Waals surface area contributed by atoms with Crippen LogP contribution in [0.3, 0.4) is 0 Å². The van der Waals surface area contributed by atoms with Crippen LogP contribution in [0.5, 0.6) is 5.75 Å². The lowest BCUT2D eigenvalue weighted by molar-refractivity contribution is -0.114. The Bertz CT molecular complexity index is 1220. The molecule has 0 aromatic heterocycles. The van der Waals surface area contributed by atoms with Crippen LogP contribution in [0.15, 0.2) is 66.7 Å². The summed E-state index contributed by atoms with van der Waals surface area (Å²) in [6.45, 7) is 8.85. The van der Waals surface area contributed by atoms with Crippen molar-refractivity contribution in [3.63, 3.8) is 0 Å². The fraction of sp³-hybridized carbons (Fsp3) is 0.424. The first-order chi connectivity index (χ1) is 18.8. The third-order valence-corrected chi connectivity index (χ3v) is 8.36. The lowest BCUT2D eigenvalue weighted by atomic mass is 9.87. The summed E-state index contributed by atoms with van der Waals surface area (Å²) in [7, 11) is 0. The van der Waals surface area contributed by atoms with Crippen LogP contribution in [0.4, 0.5) is 5.69 Å². The summed E-state index contributed by atoms with van der Waals surface area (Å²) in [5.74, 6) is 1.69. The molecule has 0 bridgehead atoms. The largest absolute Gasteiger partial charge is 0.491 e. The van der Waals surface area contributed by atoms with Crippen LogP contribution < -0.4 is 10.1 Å². The summed E-state index contributed by atoms with van der Waals surface area (Å²) in [6, 6.07) is 22.8. The highest BCUT2D eigenvalue weighted by molar-refractivity contribution is 6.42. The number of carbonyl (C=O) groups is 1. The Morgan fingerprint density at radius 3 is 2.38 bits per heavy atom. The average Bonchev–Trinajstić information content (AvgIpc) is 2.92. The smallest absolute Gasteiger partial charge is 0.221 e. The molecule has 3 aromatic carbocycles. The lowest BCUT2D eigenvalue weighted by Crippen LogP contribution is -2.34. The minimum Gasteiger partial charge on any atom is -0.491 e. The van der Waals surface area contributed by atoms with Gasteiger partial charge in [0.2, 0.25) is 5.91 Å². The zero-order valence-electron chi connectivity index (χ0n) is 23.3. The SMILES string of the molecule is CC(=O)Nc1cccc(OC(C)C)c1CCC(CCN1CCC(c2ccccc2)CC1)c1ccc(Cl)c(Cl)c1. The number of hydrogen-bond donors (Lipinski definition) is 1. The van der Waals surface area contributed by atoms with E-state index in [0.29, 0.717) is 21.9 Å². The highest BCUT2D eigenvalue weighted by Crippen LogP contribution is 2.36. The number of rotatable bonds is 11. The van der Waals surface area contributed by atoms with Gasteiger partial charge in [-0.25, -0.2) is 0 Å². The van der Waals surface area contributed by atoms with Crippen molar-refractivity contribution in [2.75, 3.05) is 25.0 Å².